The van der Waals surface area contributed by atoms with Gasteiger partial charge in [0.25, 0.3) is 0 Å². The smallest absolute Gasteiger partial charge is 0.227 e. The molecule has 1 aromatic heterocycles. The summed E-state index contributed by atoms with van der Waals surface area (Å²) in [7, 11) is 0. The fraction of sp³-hybridized carbons (Fsp3) is 0.286. The van der Waals surface area contributed by atoms with E-state index in [-0.39, 0.29) is 11.8 Å². The van der Waals surface area contributed by atoms with Crippen LogP contribution in [0.1, 0.15) is 34.9 Å². The molecule has 1 atom stereocenters. The number of fused-ring (bicyclic) bond motifs is 1. The highest BCUT2D eigenvalue weighted by atomic mass is 16.5. The van der Waals surface area contributed by atoms with Crippen molar-refractivity contribution in [3.05, 3.63) is 89.2 Å². The number of aryl methyl sites for hydroxylation is 3. The van der Waals surface area contributed by atoms with E-state index in [2.05, 4.69) is 55.7 Å². The molecule has 1 aliphatic rings. The molecule has 1 amide bonds. The molecule has 0 unspecified atom stereocenters. The van der Waals surface area contributed by atoms with E-state index in [4.69, 9.17) is 9.72 Å². The Hall–Kier alpha value is -3.60. The number of aromatic nitrogens is 2. The Morgan fingerprint density at radius 3 is 2.61 bits per heavy atom. The van der Waals surface area contributed by atoms with E-state index in [1.54, 1.807) is 0 Å². The van der Waals surface area contributed by atoms with E-state index in [0.29, 0.717) is 26.1 Å². The number of imidazole rings is 1. The number of carbonyl (C=O) groups excluding carboxylic acids is 1. The SMILES string of the molecule is Cc1cccc(N2C[C@H](c3nc4ccccc4n3CCOc3ccc(C)cc3C)CC2=O)c1. The average molecular weight is 440 g/mol. The normalized spacial score (nSPS) is 16.0. The average Bonchev–Trinajstić information content (AvgIpc) is 3.36. The number of ether oxygens (including phenoxy) is 1. The van der Waals surface area contributed by atoms with Crippen molar-refractivity contribution >= 4 is 22.6 Å². The zero-order valence-electron chi connectivity index (χ0n) is 19.4. The van der Waals surface area contributed by atoms with E-state index in [1.165, 1.54) is 5.56 Å². The lowest BCUT2D eigenvalue weighted by Gasteiger charge is -2.18. The minimum absolute atomic E-state index is 0.0477. The molecule has 0 N–H and O–H groups in total. The van der Waals surface area contributed by atoms with Gasteiger partial charge in [0.2, 0.25) is 5.91 Å². The molecule has 0 radical (unpaired) electrons. The summed E-state index contributed by atoms with van der Waals surface area (Å²) in [4.78, 5) is 19.8. The van der Waals surface area contributed by atoms with Crippen molar-refractivity contribution in [1.29, 1.82) is 0 Å². The Bertz CT molecular complexity index is 1320. The third-order valence-corrected chi connectivity index (χ3v) is 6.39. The van der Waals surface area contributed by atoms with Gasteiger partial charge in [-0.05, 0) is 62.2 Å². The molecule has 4 aromatic rings. The Kier molecular flexibility index (Phi) is 5.63. The van der Waals surface area contributed by atoms with Gasteiger partial charge in [0.05, 0.1) is 17.6 Å². The number of carbonyl (C=O) groups is 1. The first-order valence-electron chi connectivity index (χ1n) is 11.5. The van der Waals surface area contributed by atoms with Crippen LogP contribution >= 0.6 is 0 Å². The molecule has 5 nitrogen and oxygen atoms in total. The second-order valence-electron chi connectivity index (χ2n) is 8.97. The van der Waals surface area contributed by atoms with Crippen molar-refractivity contribution in [2.24, 2.45) is 0 Å². The summed E-state index contributed by atoms with van der Waals surface area (Å²) < 4.78 is 8.36. The lowest BCUT2D eigenvalue weighted by Crippen LogP contribution is -2.24. The van der Waals surface area contributed by atoms with Crippen molar-refractivity contribution in [3.63, 3.8) is 0 Å². The summed E-state index contributed by atoms with van der Waals surface area (Å²) >= 11 is 0. The molecule has 5 rings (SSSR count). The monoisotopic (exact) mass is 439 g/mol. The van der Waals surface area contributed by atoms with Crippen LogP contribution < -0.4 is 9.64 Å². The van der Waals surface area contributed by atoms with Crippen LogP contribution in [0, 0.1) is 20.8 Å². The Labute approximate surface area is 194 Å². The molecule has 1 saturated heterocycles. The topological polar surface area (TPSA) is 47.4 Å². The number of hydrogen-bond donors (Lipinski definition) is 0. The number of anilines is 1. The zero-order chi connectivity index (χ0) is 22.9. The first-order chi connectivity index (χ1) is 16.0. The maximum Gasteiger partial charge on any atom is 0.227 e. The van der Waals surface area contributed by atoms with Crippen LogP contribution in [0.2, 0.25) is 0 Å². The largest absolute Gasteiger partial charge is 0.491 e. The molecule has 33 heavy (non-hydrogen) atoms. The molecule has 1 fully saturated rings. The summed E-state index contributed by atoms with van der Waals surface area (Å²) in [6.45, 7) is 8.08. The van der Waals surface area contributed by atoms with Crippen molar-refractivity contribution in [1.82, 2.24) is 9.55 Å². The van der Waals surface area contributed by atoms with Gasteiger partial charge in [-0.1, -0.05) is 42.0 Å². The molecule has 5 heteroatoms. The van der Waals surface area contributed by atoms with Crippen LogP contribution in [0.5, 0.6) is 5.75 Å². The van der Waals surface area contributed by atoms with Crippen molar-refractivity contribution in [3.8, 4) is 5.75 Å². The van der Waals surface area contributed by atoms with Gasteiger partial charge >= 0.3 is 0 Å². The van der Waals surface area contributed by atoms with Crippen molar-refractivity contribution in [2.75, 3.05) is 18.1 Å². The molecule has 168 valence electrons. The standard InChI is InChI=1S/C28H29N3O2/c1-19-7-6-8-23(16-19)31-18-22(17-27(31)32)28-29-24-9-4-5-10-25(24)30(28)13-14-33-26-12-11-20(2)15-21(26)3/h4-12,15-16,22H,13-14,17-18H2,1-3H3/t22-/m1/s1. The highest BCUT2D eigenvalue weighted by Crippen LogP contribution is 2.33. The van der Waals surface area contributed by atoms with Gasteiger partial charge in [-0.2, -0.15) is 0 Å². The fourth-order valence-electron chi connectivity index (χ4n) is 4.77. The van der Waals surface area contributed by atoms with Crippen LogP contribution in [0.4, 0.5) is 5.69 Å². The van der Waals surface area contributed by atoms with Crippen LogP contribution in [0.15, 0.2) is 66.7 Å². The first-order valence-corrected chi connectivity index (χ1v) is 11.5. The summed E-state index contributed by atoms with van der Waals surface area (Å²) in [5.74, 6) is 2.07. The lowest BCUT2D eigenvalue weighted by atomic mass is 10.1. The quantitative estimate of drug-likeness (QED) is 0.395. The molecule has 3 aromatic carbocycles. The summed E-state index contributed by atoms with van der Waals surface area (Å²) in [6.07, 6.45) is 0.467. The van der Waals surface area contributed by atoms with E-state index in [1.807, 2.05) is 41.3 Å². The molecule has 0 saturated carbocycles. The number of benzene rings is 3. The number of hydrogen-bond acceptors (Lipinski definition) is 3. The van der Waals surface area contributed by atoms with E-state index < -0.39 is 0 Å². The van der Waals surface area contributed by atoms with Gasteiger partial charge < -0.3 is 14.2 Å². The van der Waals surface area contributed by atoms with Crippen LogP contribution in [-0.4, -0.2) is 28.6 Å². The molecule has 0 aliphatic carbocycles. The summed E-state index contributed by atoms with van der Waals surface area (Å²) in [5.41, 5.74) is 6.52. The lowest BCUT2D eigenvalue weighted by molar-refractivity contribution is -0.117. The van der Waals surface area contributed by atoms with E-state index in [0.717, 1.165) is 39.4 Å². The predicted molar refractivity (Wildman–Crippen MR) is 132 cm³/mol. The van der Waals surface area contributed by atoms with E-state index in [9.17, 15) is 4.79 Å². The molecular weight excluding hydrogens is 410 g/mol. The third kappa shape index (κ3) is 4.23. The molecule has 0 spiro atoms. The Morgan fingerprint density at radius 2 is 1.79 bits per heavy atom. The first kappa shape index (κ1) is 21.3. The molecule has 0 bridgehead atoms. The predicted octanol–water partition coefficient (Wildman–Crippen LogP) is 5.56. The number of rotatable bonds is 6. The Balaban J connectivity index is 1.40. The number of para-hydroxylation sites is 2. The third-order valence-electron chi connectivity index (χ3n) is 6.39. The van der Waals surface area contributed by atoms with Gasteiger partial charge in [0.1, 0.15) is 18.2 Å². The Morgan fingerprint density at radius 1 is 0.970 bits per heavy atom. The van der Waals surface area contributed by atoms with Crippen molar-refractivity contribution < 1.29 is 9.53 Å². The summed E-state index contributed by atoms with van der Waals surface area (Å²) in [5, 5.41) is 0. The minimum Gasteiger partial charge on any atom is -0.491 e. The van der Waals surface area contributed by atoms with Gasteiger partial charge in [0, 0.05) is 24.6 Å². The van der Waals surface area contributed by atoms with E-state index >= 15 is 0 Å². The van der Waals surface area contributed by atoms with Gasteiger partial charge in [0.15, 0.2) is 0 Å². The molecule has 2 heterocycles. The highest BCUT2D eigenvalue weighted by Gasteiger charge is 2.34. The van der Waals surface area contributed by atoms with Crippen LogP contribution in [0.25, 0.3) is 11.0 Å². The maximum atomic E-state index is 12.9. The van der Waals surface area contributed by atoms with Gasteiger partial charge in [-0.15, -0.1) is 0 Å². The van der Waals surface area contributed by atoms with Gasteiger partial charge in [-0.25, -0.2) is 4.98 Å². The second kappa shape index (κ2) is 8.74. The molecule has 1 aliphatic heterocycles. The van der Waals surface area contributed by atoms with Crippen LogP contribution in [0.3, 0.4) is 0 Å². The summed E-state index contributed by atoms with van der Waals surface area (Å²) in [6, 6.07) is 22.6. The fourth-order valence-corrected chi connectivity index (χ4v) is 4.77. The molecular formula is C28H29N3O2. The minimum atomic E-state index is 0.0477. The van der Waals surface area contributed by atoms with Gasteiger partial charge in [-0.3, -0.25) is 4.79 Å². The van der Waals surface area contributed by atoms with Crippen molar-refractivity contribution in [2.45, 2.75) is 39.7 Å². The number of nitrogens with zero attached hydrogens (tertiary/aromatic N) is 3. The second-order valence-corrected chi connectivity index (χ2v) is 8.97. The zero-order valence-corrected chi connectivity index (χ0v) is 19.4. The van der Waals surface area contributed by atoms with Crippen LogP contribution in [-0.2, 0) is 11.3 Å². The highest BCUT2D eigenvalue weighted by molar-refractivity contribution is 5.96. The number of amides is 1. The maximum absolute atomic E-state index is 12.9.